The Hall–Kier alpha value is -2.45. The lowest BCUT2D eigenvalue weighted by molar-refractivity contribution is -0.116. The van der Waals surface area contributed by atoms with E-state index in [1.165, 1.54) is 4.57 Å². The lowest BCUT2D eigenvalue weighted by Crippen LogP contribution is -2.41. The number of anilines is 1. The van der Waals surface area contributed by atoms with Gasteiger partial charge in [0.1, 0.15) is 6.54 Å². The molecule has 3 aromatic rings. The Bertz CT molecular complexity index is 1020. The van der Waals surface area contributed by atoms with Gasteiger partial charge < -0.3 is 5.32 Å². The van der Waals surface area contributed by atoms with Crippen LogP contribution < -0.4 is 16.6 Å². The lowest BCUT2D eigenvalue weighted by atomic mass is 10.3. The van der Waals surface area contributed by atoms with Crippen LogP contribution in [-0.4, -0.2) is 19.4 Å². The third kappa shape index (κ3) is 2.98. The van der Waals surface area contributed by atoms with Crippen LogP contribution in [0, 0.1) is 0 Å². The number of carbonyl (C=O) groups is 1. The van der Waals surface area contributed by atoms with E-state index in [-0.39, 0.29) is 24.5 Å². The Balaban J connectivity index is 1.96. The average molecular weight is 365 g/mol. The van der Waals surface area contributed by atoms with Crippen LogP contribution in [0.2, 0.25) is 5.02 Å². The minimum atomic E-state index is -0.526. The smallest absolute Gasteiger partial charge is 0.325 e. The highest BCUT2D eigenvalue weighted by Gasteiger charge is 2.16. The monoisotopic (exact) mass is 364 g/mol. The van der Waals surface area contributed by atoms with Gasteiger partial charge in [0, 0.05) is 22.6 Å². The highest BCUT2D eigenvalue weighted by atomic mass is 35.5. The van der Waals surface area contributed by atoms with Gasteiger partial charge in [-0.05, 0) is 42.7 Å². The van der Waals surface area contributed by atoms with Crippen LogP contribution in [0.5, 0.6) is 0 Å². The van der Waals surface area contributed by atoms with Gasteiger partial charge in [0.2, 0.25) is 5.91 Å². The summed E-state index contributed by atoms with van der Waals surface area (Å²) in [5, 5.41) is 4.84. The molecule has 7 nitrogen and oxygen atoms in total. The van der Waals surface area contributed by atoms with Gasteiger partial charge in [-0.1, -0.05) is 11.6 Å². The Morgan fingerprint density at radius 1 is 1.25 bits per heavy atom. The van der Waals surface area contributed by atoms with Gasteiger partial charge in [-0.15, -0.1) is 0 Å². The van der Waals surface area contributed by atoms with Crippen molar-refractivity contribution >= 4 is 45.8 Å². The molecule has 1 aromatic carbocycles. The Kier molecular flexibility index (Phi) is 4.50. The predicted octanol–water partition coefficient (Wildman–Crippen LogP) is 1.93. The van der Waals surface area contributed by atoms with Crippen LogP contribution in [0.25, 0.3) is 11.0 Å². The van der Waals surface area contributed by atoms with Gasteiger partial charge >= 0.3 is 5.69 Å². The van der Waals surface area contributed by atoms with Crippen LogP contribution in [0.4, 0.5) is 5.69 Å². The van der Waals surface area contributed by atoms with Crippen molar-refractivity contribution in [2.75, 3.05) is 5.32 Å². The fourth-order valence-electron chi connectivity index (χ4n) is 2.34. The van der Waals surface area contributed by atoms with Crippen molar-refractivity contribution in [3.63, 3.8) is 0 Å². The van der Waals surface area contributed by atoms with Crippen LogP contribution >= 0.6 is 23.1 Å². The zero-order valence-corrected chi connectivity index (χ0v) is 14.2. The number of nitrogens with one attached hydrogen (secondary N) is 1. The molecule has 0 saturated heterocycles. The van der Waals surface area contributed by atoms with Crippen molar-refractivity contribution in [3.05, 3.63) is 55.5 Å². The summed E-state index contributed by atoms with van der Waals surface area (Å²) in [4.78, 5) is 36.9. The van der Waals surface area contributed by atoms with E-state index in [9.17, 15) is 14.4 Å². The second kappa shape index (κ2) is 6.58. The first-order valence-electron chi connectivity index (χ1n) is 7.14. The maximum absolute atomic E-state index is 12.5. The van der Waals surface area contributed by atoms with Gasteiger partial charge in [0.15, 0.2) is 5.52 Å². The predicted molar refractivity (Wildman–Crippen MR) is 93.9 cm³/mol. The second-order valence-corrected chi connectivity index (χ2v) is 6.09. The highest BCUT2D eigenvalue weighted by molar-refractivity contribution is 7.04. The van der Waals surface area contributed by atoms with E-state index in [0.717, 1.165) is 16.1 Å². The number of fused-ring (bicyclic) bond motifs is 1. The molecular weight excluding hydrogens is 352 g/mol. The normalized spacial score (nSPS) is 10.9. The molecule has 9 heteroatoms. The zero-order chi connectivity index (χ0) is 17.3. The summed E-state index contributed by atoms with van der Waals surface area (Å²) in [5.74, 6) is -0.381. The van der Waals surface area contributed by atoms with Crippen molar-refractivity contribution in [1.82, 2.24) is 13.5 Å². The van der Waals surface area contributed by atoms with E-state index in [0.29, 0.717) is 16.2 Å². The molecule has 0 saturated carbocycles. The third-order valence-electron chi connectivity index (χ3n) is 3.50. The van der Waals surface area contributed by atoms with Gasteiger partial charge in [0.05, 0.1) is 5.52 Å². The number of amides is 1. The minimum absolute atomic E-state index is 0.195. The second-order valence-electron chi connectivity index (χ2n) is 5.02. The summed E-state index contributed by atoms with van der Waals surface area (Å²) in [6.07, 6.45) is 0. The summed E-state index contributed by atoms with van der Waals surface area (Å²) >= 11 is 6.88. The number of hydrogen-bond donors (Lipinski definition) is 1. The number of halogens is 1. The number of nitrogens with zero attached hydrogens (tertiary/aromatic N) is 3. The SMILES string of the molecule is CCn1c(=O)c2nscc2n(CC(=O)Nc2ccc(Cl)cc2)c1=O. The van der Waals surface area contributed by atoms with Gasteiger partial charge in [-0.2, -0.15) is 4.37 Å². The minimum Gasteiger partial charge on any atom is -0.325 e. The summed E-state index contributed by atoms with van der Waals surface area (Å²) in [5.41, 5.74) is 0.169. The Morgan fingerprint density at radius 2 is 1.96 bits per heavy atom. The molecule has 0 radical (unpaired) electrons. The van der Waals surface area contributed by atoms with Gasteiger partial charge in [0.25, 0.3) is 5.56 Å². The van der Waals surface area contributed by atoms with E-state index in [2.05, 4.69) is 9.69 Å². The highest BCUT2D eigenvalue weighted by Crippen LogP contribution is 2.14. The van der Waals surface area contributed by atoms with Crippen LogP contribution in [0.1, 0.15) is 6.92 Å². The molecule has 0 aliphatic carbocycles. The topological polar surface area (TPSA) is 86.0 Å². The maximum atomic E-state index is 12.5. The summed E-state index contributed by atoms with van der Waals surface area (Å²) < 4.78 is 6.36. The molecule has 2 aromatic heterocycles. The molecule has 2 heterocycles. The van der Waals surface area contributed by atoms with Gasteiger partial charge in [-0.25, -0.2) is 4.79 Å². The van der Waals surface area contributed by atoms with Crippen molar-refractivity contribution in [2.24, 2.45) is 0 Å². The summed E-state index contributed by atoms with van der Waals surface area (Å²) in [6, 6.07) is 6.64. The Labute approximate surface area is 145 Å². The van der Waals surface area contributed by atoms with E-state index in [1.54, 1.807) is 36.6 Å². The fraction of sp³-hybridized carbons (Fsp3) is 0.200. The van der Waals surface area contributed by atoms with Crippen LogP contribution in [0.15, 0.2) is 39.2 Å². The molecule has 1 N–H and O–H groups in total. The number of hydrogen-bond acceptors (Lipinski definition) is 5. The molecular formula is C15H13ClN4O3S. The van der Waals surface area contributed by atoms with E-state index in [1.807, 2.05) is 0 Å². The number of benzene rings is 1. The summed E-state index contributed by atoms with van der Waals surface area (Å²) in [6.45, 7) is 1.69. The van der Waals surface area contributed by atoms with Crippen LogP contribution in [0.3, 0.4) is 0 Å². The quantitative estimate of drug-likeness (QED) is 0.766. The average Bonchev–Trinajstić information content (AvgIpc) is 3.04. The zero-order valence-electron chi connectivity index (χ0n) is 12.7. The molecule has 0 fully saturated rings. The van der Waals surface area contributed by atoms with Crippen molar-refractivity contribution < 1.29 is 4.79 Å². The molecule has 0 unspecified atom stereocenters. The molecule has 0 atom stereocenters. The Morgan fingerprint density at radius 3 is 2.62 bits per heavy atom. The molecule has 124 valence electrons. The molecule has 0 bridgehead atoms. The van der Waals surface area contributed by atoms with E-state index >= 15 is 0 Å². The molecule has 0 aliphatic heterocycles. The van der Waals surface area contributed by atoms with Crippen molar-refractivity contribution in [2.45, 2.75) is 20.0 Å². The fourth-order valence-corrected chi connectivity index (χ4v) is 3.14. The molecule has 0 spiro atoms. The van der Waals surface area contributed by atoms with Crippen molar-refractivity contribution in [1.29, 1.82) is 0 Å². The molecule has 0 aliphatic rings. The maximum Gasteiger partial charge on any atom is 0.332 e. The molecule has 3 rings (SSSR count). The largest absolute Gasteiger partial charge is 0.332 e. The van der Waals surface area contributed by atoms with E-state index < -0.39 is 11.2 Å². The molecule has 24 heavy (non-hydrogen) atoms. The first-order valence-corrected chi connectivity index (χ1v) is 8.36. The first-order chi connectivity index (χ1) is 11.5. The van der Waals surface area contributed by atoms with Crippen molar-refractivity contribution in [3.8, 4) is 0 Å². The number of rotatable bonds is 4. The molecule has 1 amide bonds. The first kappa shape index (κ1) is 16.4. The number of aromatic nitrogens is 3. The number of carbonyl (C=O) groups excluding carboxylic acids is 1. The van der Waals surface area contributed by atoms with Gasteiger partial charge in [-0.3, -0.25) is 18.7 Å². The van der Waals surface area contributed by atoms with Crippen LogP contribution in [-0.2, 0) is 17.9 Å². The third-order valence-corrected chi connectivity index (χ3v) is 4.37. The lowest BCUT2D eigenvalue weighted by Gasteiger charge is -2.11. The summed E-state index contributed by atoms with van der Waals surface area (Å²) in [7, 11) is 0. The van der Waals surface area contributed by atoms with E-state index in [4.69, 9.17) is 11.6 Å². The standard InChI is InChI=1S/C15H13ClN4O3S/c1-2-19-14(22)13-11(8-24-18-13)20(15(19)23)7-12(21)17-10-5-3-9(16)4-6-10/h3-6,8H,2,7H2,1H3,(H,17,21).